The molecule has 3 aromatic rings. The van der Waals surface area contributed by atoms with E-state index in [1.54, 1.807) is 31.6 Å². The van der Waals surface area contributed by atoms with E-state index in [0.29, 0.717) is 23.1 Å². The van der Waals surface area contributed by atoms with Gasteiger partial charge < -0.3 is 14.8 Å². The van der Waals surface area contributed by atoms with E-state index in [1.807, 2.05) is 25.4 Å². The first-order valence-corrected chi connectivity index (χ1v) is 10.3. The Labute approximate surface area is 179 Å². The molecule has 3 heterocycles. The minimum absolute atomic E-state index is 0.0736. The lowest BCUT2D eigenvalue weighted by molar-refractivity contribution is 0.0523. The first-order valence-electron chi connectivity index (χ1n) is 10.3. The van der Waals surface area contributed by atoms with Crippen molar-refractivity contribution in [2.45, 2.75) is 51.9 Å². The van der Waals surface area contributed by atoms with Gasteiger partial charge in [0.25, 0.3) is 5.56 Å². The van der Waals surface area contributed by atoms with Crippen LogP contribution in [0.1, 0.15) is 51.0 Å². The van der Waals surface area contributed by atoms with E-state index in [0.717, 1.165) is 29.5 Å². The fourth-order valence-electron chi connectivity index (χ4n) is 3.79. The minimum Gasteiger partial charge on any atom is -0.444 e. The molecule has 2 N–H and O–H groups in total. The molecular weight excluding hydrogens is 398 g/mol. The Morgan fingerprint density at radius 1 is 1.35 bits per heavy atom. The van der Waals surface area contributed by atoms with Gasteiger partial charge in [-0.2, -0.15) is 10.2 Å². The van der Waals surface area contributed by atoms with E-state index in [2.05, 4.69) is 20.6 Å². The summed E-state index contributed by atoms with van der Waals surface area (Å²) in [5.41, 5.74) is 2.49. The van der Waals surface area contributed by atoms with Gasteiger partial charge in [0.15, 0.2) is 0 Å². The molecule has 1 atom stereocenters. The minimum atomic E-state index is -0.603. The van der Waals surface area contributed by atoms with Crippen molar-refractivity contribution >= 4 is 16.9 Å². The Hall–Kier alpha value is -3.20. The Bertz CT molecular complexity index is 1170. The Balaban J connectivity index is 1.78. The summed E-state index contributed by atoms with van der Waals surface area (Å²) in [6.07, 6.45) is 4.98. The molecule has 1 unspecified atom stereocenters. The summed E-state index contributed by atoms with van der Waals surface area (Å²) < 4.78 is 13.0. The number of alkyl carbamates (subject to hydrolysis) is 1. The molecule has 0 radical (unpaired) electrons. The van der Waals surface area contributed by atoms with E-state index in [-0.39, 0.29) is 18.2 Å². The third kappa shape index (κ3) is 4.61. The number of amides is 1. The van der Waals surface area contributed by atoms with E-state index in [9.17, 15) is 9.59 Å². The molecule has 1 saturated heterocycles. The van der Waals surface area contributed by atoms with E-state index in [4.69, 9.17) is 9.47 Å². The number of ether oxygens (including phenoxy) is 2. The van der Waals surface area contributed by atoms with Crippen LogP contribution in [0, 0.1) is 0 Å². The van der Waals surface area contributed by atoms with Gasteiger partial charge in [-0.1, -0.05) is 0 Å². The molecule has 1 aliphatic rings. The molecule has 9 heteroatoms. The number of carbonyl (C=O) groups excluding carboxylic acids is 1. The zero-order valence-electron chi connectivity index (χ0n) is 18.2. The molecule has 31 heavy (non-hydrogen) atoms. The number of carbonyl (C=O) groups is 1. The van der Waals surface area contributed by atoms with Gasteiger partial charge in [-0.15, -0.1) is 0 Å². The molecular formula is C22H27N5O4. The van der Waals surface area contributed by atoms with Crippen LogP contribution in [0.5, 0.6) is 0 Å². The van der Waals surface area contributed by atoms with Crippen LogP contribution < -0.4 is 10.9 Å². The first kappa shape index (κ1) is 21.0. The Kier molecular flexibility index (Phi) is 5.53. The Morgan fingerprint density at radius 2 is 2.16 bits per heavy atom. The highest BCUT2D eigenvalue weighted by Gasteiger charge is 2.24. The van der Waals surface area contributed by atoms with Gasteiger partial charge in [0.05, 0.1) is 29.9 Å². The van der Waals surface area contributed by atoms with Crippen molar-refractivity contribution in [1.82, 2.24) is 25.3 Å². The van der Waals surface area contributed by atoms with Gasteiger partial charge in [0.1, 0.15) is 5.60 Å². The lowest BCUT2D eigenvalue weighted by Gasteiger charge is -2.20. The van der Waals surface area contributed by atoms with Crippen molar-refractivity contribution in [3.63, 3.8) is 0 Å². The lowest BCUT2D eigenvalue weighted by atomic mass is 9.93. The molecule has 2 aromatic heterocycles. The summed E-state index contributed by atoms with van der Waals surface area (Å²) in [7, 11) is 1.86. The summed E-state index contributed by atoms with van der Waals surface area (Å²) in [5, 5.41) is 14.9. The highest BCUT2D eigenvalue weighted by Crippen LogP contribution is 2.38. The molecule has 0 aliphatic carbocycles. The molecule has 1 aliphatic heterocycles. The van der Waals surface area contributed by atoms with Crippen molar-refractivity contribution in [1.29, 1.82) is 0 Å². The van der Waals surface area contributed by atoms with E-state index >= 15 is 0 Å². The standard InChI is InChI=1S/C22H27N5O4/c1-22(2,3)31-21(29)23-11-18-15-8-14(13-10-24-27(4)12-13)16(19-6-5-7-30-19)9-17(15)20(28)26-25-18/h8-10,12,19H,5-7,11H2,1-4H3,(H,23,29)(H,26,28). The highest BCUT2D eigenvalue weighted by atomic mass is 16.6. The third-order valence-electron chi connectivity index (χ3n) is 5.13. The lowest BCUT2D eigenvalue weighted by Crippen LogP contribution is -2.32. The van der Waals surface area contributed by atoms with Crippen LogP contribution in [0.25, 0.3) is 21.9 Å². The van der Waals surface area contributed by atoms with Crippen LogP contribution in [0.4, 0.5) is 4.79 Å². The first-order chi connectivity index (χ1) is 14.7. The van der Waals surface area contributed by atoms with Gasteiger partial charge >= 0.3 is 6.09 Å². The van der Waals surface area contributed by atoms with E-state index in [1.165, 1.54) is 0 Å². The Morgan fingerprint density at radius 3 is 2.81 bits per heavy atom. The maximum absolute atomic E-state index is 12.6. The normalized spacial score (nSPS) is 16.6. The number of fused-ring (bicyclic) bond motifs is 1. The van der Waals surface area contributed by atoms with Crippen molar-refractivity contribution in [2.75, 3.05) is 6.61 Å². The van der Waals surface area contributed by atoms with Crippen LogP contribution in [-0.4, -0.2) is 38.3 Å². The number of aromatic nitrogens is 4. The predicted octanol–water partition coefficient (Wildman–Crippen LogP) is 3.20. The van der Waals surface area contributed by atoms with Crippen molar-refractivity contribution < 1.29 is 14.3 Å². The SMILES string of the molecule is Cn1cc(-c2cc3c(CNC(=O)OC(C)(C)C)n[nH]c(=O)c3cc2C2CCCO2)cn1. The van der Waals surface area contributed by atoms with Gasteiger partial charge in [0, 0.05) is 30.8 Å². The fourth-order valence-corrected chi connectivity index (χ4v) is 3.79. The number of benzene rings is 1. The van der Waals surface area contributed by atoms with Gasteiger partial charge in [-0.05, 0) is 56.9 Å². The average molecular weight is 425 g/mol. The second kappa shape index (κ2) is 8.14. The predicted molar refractivity (Wildman–Crippen MR) is 116 cm³/mol. The molecule has 0 spiro atoms. The topological polar surface area (TPSA) is 111 Å². The summed E-state index contributed by atoms with van der Waals surface area (Å²) >= 11 is 0. The molecule has 1 amide bonds. The van der Waals surface area contributed by atoms with E-state index < -0.39 is 11.7 Å². The summed E-state index contributed by atoms with van der Waals surface area (Å²) in [5.74, 6) is 0. The van der Waals surface area contributed by atoms with Crippen LogP contribution in [-0.2, 0) is 23.1 Å². The van der Waals surface area contributed by atoms with Gasteiger partial charge in [-0.3, -0.25) is 9.48 Å². The van der Waals surface area contributed by atoms with Crippen LogP contribution in [0.3, 0.4) is 0 Å². The molecule has 0 saturated carbocycles. The summed E-state index contributed by atoms with van der Waals surface area (Å²) in [6, 6.07) is 3.82. The maximum atomic E-state index is 12.6. The average Bonchev–Trinajstić information content (AvgIpc) is 3.37. The van der Waals surface area contributed by atoms with Gasteiger partial charge in [0.2, 0.25) is 0 Å². The fraction of sp³-hybridized carbons (Fsp3) is 0.455. The summed E-state index contributed by atoms with van der Waals surface area (Å²) in [4.78, 5) is 24.7. The van der Waals surface area contributed by atoms with Crippen LogP contribution in [0.15, 0.2) is 29.3 Å². The molecule has 4 rings (SSSR count). The second-order valence-electron chi connectivity index (χ2n) is 8.74. The summed E-state index contributed by atoms with van der Waals surface area (Å²) in [6.45, 7) is 6.22. The largest absolute Gasteiger partial charge is 0.444 e. The zero-order valence-corrected chi connectivity index (χ0v) is 18.2. The van der Waals surface area contributed by atoms with Crippen LogP contribution in [0.2, 0.25) is 0 Å². The molecule has 164 valence electrons. The number of nitrogens with zero attached hydrogens (tertiary/aromatic N) is 3. The van der Waals surface area contributed by atoms with Crippen LogP contribution >= 0.6 is 0 Å². The number of nitrogens with one attached hydrogen (secondary N) is 2. The zero-order chi connectivity index (χ0) is 22.2. The second-order valence-corrected chi connectivity index (χ2v) is 8.74. The number of hydrogen-bond donors (Lipinski definition) is 2. The number of H-pyrrole nitrogens is 1. The number of rotatable bonds is 4. The molecule has 1 aromatic carbocycles. The molecule has 0 bridgehead atoms. The quantitative estimate of drug-likeness (QED) is 0.664. The molecule has 1 fully saturated rings. The number of aryl methyl sites for hydroxylation is 1. The number of hydrogen-bond acceptors (Lipinski definition) is 6. The monoisotopic (exact) mass is 425 g/mol. The van der Waals surface area contributed by atoms with Crippen molar-refractivity contribution in [3.05, 3.63) is 46.1 Å². The molecule has 9 nitrogen and oxygen atoms in total. The van der Waals surface area contributed by atoms with Gasteiger partial charge in [-0.25, -0.2) is 9.89 Å². The van der Waals surface area contributed by atoms with Crippen molar-refractivity contribution in [2.24, 2.45) is 7.05 Å². The third-order valence-corrected chi connectivity index (χ3v) is 5.13. The van der Waals surface area contributed by atoms with Crippen molar-refractivity contribution in [3.8, 4) is 11.1 Å². The highest BCUT2D eigenvalue weighted by molar-refractivity contribution is 5.90. The maximum Gasteiger partial charge on any atom is 0.407 e. The number of aromatic amines is 1. The smallest absolute Gasteiger partial charge is 0.407 e.